The number of rotatable bonds is 16. The highest BCUT2D eigenvalue weighted by atomic mass is 16.2. The minimum Gasteiger partial charge on any atom is -0.347 e. The Morgan fingerprint density at radius 2 is 0.895 bits per heavy atom. The smallest absolute Gasteiger partial charge is 0.251 e. The van der Waals surface area contributed by atoms with Crippen LogP contribution in [-0.2, 0) is 54.5 Å². The second kappa shape index (κ2) is 24.1. The molecule has 2 saturated heterocycles. The number of hydrogen-bond donors (Lipinski definition) is 8. The van der Waals surface area contributed by atoms with Crippen LogP contribution in [0, 0.1) is 10.8 Å². The Labute approximate surface area is 447 Å². The van der Waals surface area contributed by atoms with Crippen molar-refractivity contribution in [1.82, 2.24) is 41.7 Å². The van der Waals surface area contributed by atoms with Crippen LogP contribution in [0.15, 0.2) is 60.7 Å². The van der Waals surface area contributed by atoms with E-state index >= 15 is 0 Å². The lowest BCUT2D eigenvalue weighted by molar-refractivity contribution is -0.143. The summed E-state index contributed by atoms with van der Waals surface area (Å²) in [6.07, 6.45) is 7.75. The summed E-state index contributed by atoms with van der Waals surface area (Å²) in [7, 11) is 3.30. The van der Waals surface area contributed by atoms with E-state index in [1.54, 1.807) is 46.1 Å². The van der Waals surface area contributed by atoms with Crippen LogP contribution in [0.5, 0.6) is 0 Å². The molecule has 76 heavy (non-hydrogen) atoms. The lowest BCUT2D eigenvalue weighted by atomic mass is 9.85. The van der Waals surface area contributed by atoms with Crippen molar-refractivity contribution in [3.05, 3.63) is 94.0 Å². The maximum Gasteiger partial charge on any atom is 0.251 e. The molecule has 18 heteroatoms. The van der Waals surface area contributed by atoms with Crippen molar-refractivity contribution in [1.29, 1.82) is 0 Å². The molecule has 0 radical (unpaired) electrons. The highest BCUT2D eigenvalue weighted by Gasteiger charge is 2.48. The van der Waals surface area contributed by atoms with Crippen molar-refractivity contribution in [3.63, 3.8) is 0 Å². The van der Waals surface area contributed by atoms with E-state index in [1.165, 1.54) is 27.0 Å². The summed E-state index contributed by atoms with van der Waals surface area (Å²) < 4.78 is 0. The minimum absolute atomic E-state index is 0.0214. The van der Waals surface area contributed by atoms with Gasteiger partial charge in [0.2, 0.25) is 35.4 Å². The topological polar surface area (TPSA) is 239 Å². The van der Waals surface area contributed by atoms with E-state index in [4.69, 9.17) is 0 Å². The predicted octanol–water partition coefficient (Wildman–Crippen LogP) is 4.40. The maximum atomic E-state index is 14.7. The fraction of sp³-hybridized carbons (Fsp3) is 0.552. The zero-order valence-corrected chi connectivity index (χ0v) is 46.0. The maximum absolute atomic E-state index is 14.7. The molecule has 2 heterocycles. The number of likely N-dealkylation sites (tertiary alicyclic amines) is 2. The third kappa shape index (κ3) is 13.3. The largest absolute Gasteiger partial charge is 0.347 e. The van der Waals surface area contributed by atoms with Crippen molar-refractivity contribution in [2.24, 2.45) is 10.8 Å². The second-order valence-electron chi connectivity index (χ2n) is 23.3. The first-order chi connectivity index (χ1) is 36.0. The van der Waals surface area contributed by atoms with E-state index < -0.39 is 94.6 Å². The van der Waals surface area contributed by atoms with Gasteiger partial charge in [0, 0.05) is 47.7 Å². The van der Waals surface area contributed by atoms with Gasteiger partial charge < -0.3 is 52.3 Å². The van der Waals surface area contributed by atoms with E-state index in [1.807, 2.05) is 65.8 Å². The highest BCUT2D eigenvalue weighted by Crippen LogP contribution is 2.33. The summed E-state index contributed by atoms with van der Waals surface area (Å²) in [6, 6.07) is 11.3. The van der Waals surface area contributed by atoms with Gasteiger partial charge in [0.15, 0.2) is 0 Å². The number of nitrogens with one attached hydrogen (secondary N) is 8. The van der Waals surface area contributed by atoms with E-state index in [9.17, 15) is 38.4 Å². The van der Waals surface area contributed by atoms with Gasteiger partial charge in [-0.05, 0) is 156 Å². The minimum atomic E-state index is -1.00. The number of amides is 8. The number of likely N-dealkylation sites (N-methyl/N-ethyl adjacent to an activating group) is 2. The fourth-order valence-electron chi connectivity index (χ4n) is 10.9. The van der Waals surface area contributed by atoms with Crippen molar-refractivity contribution >= 4 is 58.6 Å². The summed E-state index contributed by atoms with van der Waals surface area (Å²) in [5.74, 6) is -3.54. The Kier molecular flexibility index (Phi) is 18.1. The number of fused-ring (bicyclic) bond motifs is 2. The molecule has 4 aliphatic rings. The molecular formula is C58H80N10O8. The molecule has 7 rings (SSSR count). The lowest BCUT2D eigenvalue weighted by Gasteiger charge is -2.36. The Morgan fingerprint density at radius 3 is 1.26 bits per heavy atom. The van der Waals surface area contributed by atoms with Gasteiger partial charge in [-0.2, -0.15) is 0 Å². The van der Waals surface area contributed by atoms with Crippen LogP contribution in [0.2, 0.25) is 0 Å². The molecule has 8 amide bonds. The van der Waals surface area contributed by atoms with Gasteiger partial charge in [-0.1, -0.05) is 71.9 Å². The fourth-order valence-corrected chi connectivity index (χ4v) is 10.9. The van der Waals surface area contributed by atoms with Crippen molar-refractivity contribution in [3.8, 4) is 0 Å². The zero-order chi connectivity index (χ0) is 55.2. The molecule has 3 aromatic carbocycles. The average Bonchev–Trinajstić information content (AvgIpc) is 4.03. The summed E-state index contributed by atoms with van der Waals surface area (Å²) >= 11 is 0. The summed E-state index contributed by atoms with van der Waals surface area (Å²) in [6.45, 7) is 14.4. The zero-order valence-electron chi connectivity index (χ0n) is 46.0. The third-order valence-electron chi connectivity index (χ3n) is 15.6. The first-order valence-electron chi connectivity index (χ1n) is 27.1. The number of hydrogen-bond acceptors (Lipinski definition) is 10. The molecule has 2 aliphatic carbocycles. The van der Waals surface area contributed by atoms with Gasteiger partial charge in [-0.15, -0.1) is 0 Å². The summed E-state index contributed by atoms with van der Waals surface area (Å²) in [4.78, 5) is 116. The van der Waals surface area contributed by atoms with Crippen LogP contribution in [0.25, 0.3) is 0 Å². The Balaban J connectivity index is 1.09. The van der Waals surface area contributed by atoms with E-state index in [2.05, 4.69) is 54.7 Å². The van der Waals surface area contributed by atoms with Gasteiger partial charge in [-0.3, -0.25) is 38.4 Å². The molecule has 8 atom stereocenters. The Morgan fingerprint density at radius 1 is 0.526 bits per heavy atom. The molecule has 410 valence electrons. The molecule has 3 aromatic rings. The van der Waals surface area contributed by atoms with Gasteiger partial charge in [-0.25, -0.2) is 0 Å². The molecule has 0 aromatic heterocycles. The number of carbonyl (C=O) groups is 8. The molecular weight excluding hydrogens is 965 g/mol. The van der Waals surface area contributed by atoms with E-state index in [0.717, 1.165) is 62.5 Å². The standard InChI is InChI=1S/C58H80N10O8/c1-33(59-9)49(69)65-47(57(3,4)5)55(75)67-31-39(29-45(67)53(73)63-43-26-16-20-35-18-11-13-24-41(35)43)61-51(71)37-22-15-23-38(28-37)52(72)62-40-30-46(54(74)64-44-27-17-21-36-19-12-14-25-42(36)44)68(32-40)56(76)48(58(6,7)8)66-50(70)34(2)60-10/h15-17,20-23,26-28,33-34,39-40,45-48,59-60H,11-14,18-19,24-25,29-32H2,1-10H3,(H,61,71)(H,62,72)(H,63,73)(H,64,74)(H,65,69)(H,66,70)/t33-,34-,39-,40-,45-,46-,47+,48+/m0/s1. The average molecular weight is 1050 g/mol. The molecule has 0 bridgehead atoms. The van der Waals surface area contributed by atoms with Crippen LogP contribution in [0.4, 0.5) is 11.4 Å². The normalized spacial score (nSPS) is 20.9. The molecule has 0 saturated carbocycles. The summed E-state index contributed by atoms with van der Waals surface area (Å²) in [5, 5.41) is 23.9. The lowest BCUT2D eigenvalue weighted by Crippen LogP contribution is -2.59. The predicted molar refractivity (Wildman–Crippen MR) is 292 cm³/mol. The highest BCUT2D eigenvalue weighted by molar-refractivity contribution is 6.03. The molecule has 2 fully saturated rings. The molecule has 18 nitrogen and oxygen atoms in total. The van der Waals surface area contributed by atoms with Gasteiger partial charge in [0.05, 0.1) is 12.1 Å². The van der Waals surface area contributed by atoms with Crippen LogP contribution in [-0.4, -0.2) is 133 Å². The molecule has 0 unspecified atom stereocenters. The molecule has 0 spiro atoms. The summed E-state index contributed by atoms with van der Waals surface area (Å²) in [5.41, 5.74) is 4.71. The Bertz CT molecular complexity index is 2520. The quantitative estimate of drug-likeness (QED) is 0.101. The van der Waals surface area contributed by atoms with Crippen molar-refractivity contribution < 1.29 is 38.4 Å². The number of anilines is 2. The van der Waals surface area contributed by atoms with Crippen molar-refractivity contribution in [2.45, 2.75) is 168 Å². The van der Waals surface area contributed by atoms with Crippen LogP contribution >= 0.6 is 0 Å². The molecule has 2 aliphatic heterocycles. The van der Waals surface area contributed by atoms with E-state index in [-0.39, 0.29) is 48.9 Å². The molecule has 8 N–H and O–H groups in total. The number of aryl methyl sites for hydroxylation is 2. The van der Waals surface area contributed by atoms with Gasteiger partial charge in [0.1, 0.15) is 24.2 Å². The third-order valence-corrected chi connectivity index (χ3v) is 15.6. The van der Waals surface area contributed by atoms with Gasteiger partial charge >= 0.3 is 0 Å². The van der Waals surface area contributed by atoms with E-state index in [0.29, 0.717) is 11.4 Å². The number of nitrogens with zero attached hydrogens (tertiary/aromatic N) is 2. The SMILES string of the molecule is CN[C@@H](C)C(=O)N[C@H](C(=O)N1C[C@@H](NC(=O)c2cccc(C(=O)N[C@H]3C[C@@H](C(=O)Nc4cccc5c4CCCC5)N(C(=O)[C@@H](NC(=O)[C@H](C)NC)C(C)(C)C)C3)c2)C[C@H]1C(=O)Nc1cccc2c1CCCC2)C(C)(C)C. The van der Waals surface area contributed by atoms with Crippen LogP contribution in [0.3, 0.4) is 0 Å². The second-order valence-corrected chi connectivity index (χ2v) is 23.3. The van der Waals surface area contributed by atoms with Crippen LogP contribution in [0.1, 0.15) is 137 Å². The Hall–Kier alpha value is -6.66. The van der Waals surface area contributed by atoms with Crippen molar-refractivity contribution in [2.75, 3.05) is 37.8 Å². The van der Waals surface area contributed by atoms with Crippen LogP contribution < -0.4 is 42.5 Å². The number of carbonyl (C=O) groups excluding carboxylic acids is 8. The van der Waals surface area contributed by atoms with Gasteiger partial charge in [0.25, 0.3) is 11.8 Å². The first kappa shape index (κ1) is 57.1. The monoisotopic (exact) mass is 1040 g/mol. The number of benzene rings is 3. The first-order valence-corrected chi connectivity index (χ1v) is 27.1.